The highest BCUT2D eigenvalue weighted by atomic mass is 16.5. The standard InChI is InChI=1S/C11H19NO2/c12-9-6-4-8(5-7-9)11(13)14-10-2-1-3-10/h8-10H,1-7,12H2. The molecule has 2 saturated carbocycles. The number of esters is 1. The van der Waals surface area contributed by atoms with Gasteiger partial charge < -0.3 is 10.5 Å². The zero-order chi connectivity index (χ0) is 9.97. The fourth-order valence-electron chi connectivity index (χ4n) is 2.10. The van der Waals surface area contributed by atoms with Crippen molar-refractivity contribution in [3.63, 3.8) is 0 Å². The third-order valence-electron chi connectivity index (χ3n) is 3.44. The second-order valence-corrected chi connectivity index (χ2v) is 4.60. The monoisotopic (exact) mass is 197 g/mol. The van der Waals surface area contributed by atoms with E-state index in [1.807, 2.05) is 0 Å². The molecule has 3 nitrogen and oxygen atoms in total. The smallest absolute Gasteiger partial charge is 0.309 e. The summed E-state index contributed by atoms with van der Waals surface area (Å²) in [5, 5.41) is 0. The summed E-state index contributed by atoms with van der Waals surface area (Å²) < 4.78 is 5.38. The number of nitrogens with two attached hydrogens (primary N) is 1. The summed E-state index contributed by atoms with van der Waals surface area (Å²) in [6, 6.07) is 0.308. The van der Waals surface area contributed by atoms with Crippen molar-refractivity contribution in [2.24, 2.45) is 11.7 Å². The van der Waals surface area contributed by atoms with Gasteiger partial charge in [0.05, 0.1) is 5.92 Å². The van der Waals surface area contributed by atoms with Crippen molar-refractivity contribution in [1.82, 2.24) is 0 Å². The molecule has 0 aliphatic heterocycles. The van der Waals surface area contributed by atoms with Gasteiger partial charge in [-0.2, -0.15) is 0 Å². The molecule has 0 radical (unpaired) electrons. The van der Waals surface area contributed by atoms with Crippen LogP contribution in [0.5, 0.6) is 0 Å². The average Bonchev–Trinajstić information content (AvgIpc) is 2.12. The van der Waals surface area contributed by atoms with Crippen LogP contribution in [0.4, 0.5) is 0 Å². The zero-order valence-corrected chi connectivity index (χ0v) is 8.58. The molecule has 80 valence electrons. The first-order chi connectivity index (χ1) is 6.75. The van der Waals surface area contributed by atoms with Crippen LogP contribution in [-0.4, -0.2) is 18.1 Å². The van der Waals surface area contributed by atoms with Crippen LogP contribution in [0.3, 0.4) is 0 Å². The van der Waals surface area contributed by atoms with E-state index in [2.05, 4.69) is 0 Å². The van der Waals surface area contributed by atoms with Gasteiger partial charge in [-0.05, 0) is 44.9 Å². The number of carbonyl (C=O) groups is 1. The molecule has 0 bridgehead atoms. The van der Waals surface area contributed by atoms with Gasteiger partial charge in [0.1, 0.15) is 6.10 Å². The van der Waals surface area contributed by atoms with Crippen LogP contribution in [0.2, 0.25) is 0 Å². The Morgan fingerprint density at radius 3 is 2.21 bits per heavy atom. The summed E-state index contributed by atoms with van der Waals surface area (Å²) in [4.78, 5) is 11.6. The molecule has 0 unspecified atom stereocenters. The highest BCUT2D eigenvalue weighted by molar-refractivity contribution is 5.72. The first-order valence-electron chi connectivity index (χ1n) is 5.72. The molecule has 2 aliphatic carbocycles. The van der Waals surface area contributed by atoms with Crippen LogP contribution >= 0.6 is 0 Å². The lowest BCUT2D eigenvalue weighted by molar-refractivity contribution is -0.159. The molecule has 0 saturated heterocycles. The molecule has 2 rings (SSSR count). The van der Waals surface area contributed by atoms with Crippen molar-refractivity contribution < 1.29 is 9.53 Å². The zero-order valence-electron chi connectivity index (χ0n) is 8.58. The van der Waals surface area contributed by atoms with Crippen molar-refractivity contribution >= 4 is 5.97 Å². The van der Waals surface area contributed by atoms with Gasteiger partial charge in [0.25, 0.3) is 0 Å². The fourth-order valence-corrected chi connectivity index (χ4v) is 2.10. The molecule has 0 atom stereocenters. The molecular formula is C11H19NO2. The van der Waals surface area contributed by atoms with Crippen LogP contribution in [0.1, 0.15) is 44.9 Å². The van der Waals surface area contributed by atoms with Gasteiger partial charge in [-0.1, -0.05) is 0 Å². The molecule has 0 aromatic rings. The topological polar surface area (TPSA) is 52.3 Å². The van der Waals surface area contributed by atoms with Crippen LogP contribution in [0.15, 0.2) is 0 Å². The predicted molar refractivity (Wildman–Crippen MR) is 53.7 cm³/mol. The minimum Gasteiger partial charge on any atom is -0.462 e. The molecule has 14 heavy (non-hydrogen) atoms. The second-order valence-electron chi connectivity index (χ2n) is 4.60. The quantitative estimate of drug-likeness (QED) is 0.684. The third-order valence-corrected chi connectivity index (χ3v) is 3.44. The van der Waals surface area contributed by atoms with Gasteiger partial charge >= 0.3 is 5.97 Å². The molecule has 0 heterocycles. The maximum Gasteiger partial charge on any atom is 0.309 e. The first-order valence-corrected chi connectivity index (χ1v) is 5.72. The predicted octanol–water partition coefficient (Wildman–Crippen LogP) is 1.60. The summed E-state index contributed by atoms with van der Waals surface area (Å²) in [6.45, 7) is 0. The van der Waals surface area contributed by atoms with Gasteiger partial charge in [-0.3, -0.25) is 4.79 Å². The maximum atomic E-state index is 11.6. The van der Waals surface area contributed by atoms with E-state index in [1.165, 1.54) is 6.42 Å². The van der Waals surface area contributed by atoms with Crippen molar-refractivity contribution in [2.45, 2.75) is 57.1 Å². The second kappa shape index (κ2) is 4.30. The Labute approximate surface area is 85.0 Å². The van der Waals surface area contributed by atoms with Crippen LogP contribution in [0.25, 0.3) is 0 Å². The molecule has 0 spiro atoms. The lowest BCUT2D eigenvalue weighted by Gasteiger charge is -2.30. The summed E-state index contributed by atoms with van der Waals surface area (Å²) in [7, 11) is 0. The SMILES string of the molecule is NC1CCC(C(=O)OC2CCC2)CC1. The van der Waals surface area contributed by atoms with Gasteiger partial charge in [-0.25, -0.2) is 0 Å². The molecule has 0 aromatic heterocycles. The maximum absolute atomic E-state index is 11.6. The molecule has 2 aliphatic rings. The van der Waals surface area contributed by atoms with Gasteiger partial charge in [-0.15, -0.1) is 0 Å². The fraction of sp³-hybridized carbons (Fsp3) is 0.909. The van der Waals surface area contributed by atoms with Gasteiger partial charge in [0.15, 0.2) is 0 Å². The van der Waals surface area contributed by atoms with E-state index >= 15 is 0 Å². The van der Waals surface area contributed by atoms with Crippen LogP contribution in [0, 0.1) is 5.92 Å². The number of hydrogen-bond donors (Lipinski definition) is 1. The Morgan fingerprint density at radius 1 is 1.07 bits per heavy atom. The van der Waals surface area contributed by atoms with E-state index in [1.54, 1.807) is 0 Å². The summed E-state index contributed by atoms with van der Waals surface area (Å²) in [6.07, 6.45) is 7.38. The van der Waals surface area contributed by atoms with Crippen molar-refractivity contribution in [2.75, 3.05) is 0 Å². The Balaban J connectivity index is 1.74. The Hall–Kier alpha value is -0.570. The van der Waals surface area contributed by atoms with Crippen LogP contribution < -0.4 is 5.73 Å². The first kappa shape index (κ1) is 9.97. The molecule has 2 N–H and O–H groups in total. The minimum atomic E-state index is 0.0293. The van der Waals surface area contributed by atoms with E-state index in [-0.39, 0.29) is 18.0 Å². The molecular weight excluding hydrogens is 178 g/mol. The summed E-state index contributed by atoms with van der Waals surface area (Å²) >= 11 is 0. The largest absolute Gasteiger partial charge is 0.462 e. The number of carbonyl (C=O) groups excluding carboxylic acids is 1. The van der Waals surface area contributed by atoms with Gasteiger partial charge in [0.2, 0.25) is 0 Å². The minimum absolute atomic E-state index is 0.0293. The number of rotatable bonds is 2. The molecule has 3 heteroatoms. The Kier molecular flexibility index (Phi) is 3.06. The van der Waals surface area contributed by atoms with Crippen molar-refractivity contribution in [3.8, 4) is 0 Å². The Bertz CT molecular complexity index is 205. The average molecular weight is 197 g/mol. The Morgan fingerprint density at radius 2 is 1.71 bits per heavy atom. The summed E-state index contributed by atoms with van der Waals surface area (Å²) in [5.41, 5.74) is 5.78. The molecule has 2 fully saturated rings. The lowest BCUT2D eigenvalue weighted by atomic mass is 9.86. The molecule has 0 aromatic carbocycles. The van der Waals surface area contributed by atoms with Crippen molar-refractivity contribution in [3.05, 3.63) is 0 Å². The van der Waals surface area contributed by atoms with Crippen molar-refractivity contribution in [1.29, 1.82) is 0 Å². The van der Waals surface area contributed by atoms with E-state index < -0.39 is 0 Å². The van der Waals surface area contributed by atoms with Crippen LogP contribution in [-0.2, 0) is 9.53 Å². The van der Waals surface area contributed by atoms with E-state index in [4.69, 9.17) is 10.5 Å². The highest BCUT2D eigenvalue weighted by Gasteiger charge is 2.29. The normalized spacial score (nSPS) is 33.5. The molecule has 0 amide bonds. The number of ether oxygens (including phenoxy) is 1. The van der Waals surface area contributed by atoms with Gasteiger partial charge in [0, 0.05) is 6.04 Å². The lowest BCUT2D eigenvalue weighted by Crippen LogP contribution is -2.33. The highest BCUT2D eigenvalue weighted by Crippen LogP contribution is 2.28. The number of hydrogen-bond acceptors (Lipinski definition) is 3. The van der Waals surface area contributed by atoms with E-state index in [0.717, 1.165) is 38.5 Å². The van der Waals surface area contributed by atoms with E-state index in [9.17, 15) is 4.79 Å². The summed E-state index contributed by atoms with van der Waals surface area (Å²) in [5.74, 6) is 0.164. The van der Waals surface area contributed by atoms with E-state index in [0.29, 0.717) is 6.04 Å². The third kappa shape index (κ3) is 2.27.